The number of benzene rings is 3. The molecule has 0 unspecified atom stereocenters. The van der Waals surface area contributed by atoms with Gasteiger partial charge in [-0.2, -0.15) is 15.1 Å². The number of hydrogen-bond acceptors (Lipinski definition) is 6. The van der Waals surface area contributed by atoms with E-state index in [-0.39, 0.29) is 11.4 Å². The third-order valence-electron chi connectivity index (χ3n) is 5.42. The monoisotopic (exact) mass is 456 g/mol. The van der Waals surface area contributed by atoms with Crippen LogP contribution >= 0.6 is 11.8 Å². The minimum Gasteiger partial charge on any atom is -0.493 e. The Bertz CT molecular complexity index is 1390. The second-order valence-corrected chi connectivity index (χ2v) is 8.49. The molecule has 0 aliphatic carbocycles. The van der Waals surface area contributed by atoms with Crippen molar-refractivity contribution in [2.75, 3.05) is 14.2 Å². The molecule has 8 heteroatoms. The molecule has 0 fully saturated rings. The van der Waals surface area contributed by atoms with Crippen molar-refractivity contribution in [1.29, 1.82) is 5.41 Å². The molecule has 2 aliphatic rings. The molecule has 5 rings (SSSR count). The number of methoxy groups -OCH3 is 2. The average molecular weight is 457 g/mol. The molecule has 2 aliphatic heterocycles. The molecular weight excluding hydrogens is 436 g/mol. The molecule has 0 saturated carbocycles. The average Bonchev–Trinajstić information content (AvgIpc) is 3.24. The first kappa shape index (κ1) is 21.0. The van der Waals surface area contributed by atoms with E-state index in [1.807, 2.05) is 60.7 Å². The Morgan fingerprint density at radius 3 is 2.64 bits per heavy atom. The van der Waals surface area contributed by atoms with Crippen molar-refractivity contribution in [2.45, 2.75) is 6.42 Å². The minimum absolute atomic E-state index is 0.0211. The number of carbonyl (C=O) groups is 1. The normalized spacial score (nSPS) is 16.7. The van der Waals surface area contributed by atoms with Crippen molar-refractivity contribution in [1.82, 2.24) is 5.01 Å². The Morgan fingerprint density at radius 2 is 1.82 bits per heavy atom. The van der Waals surface area contributed by atoms with E-state index in [2.05, 4.69) is 10.1 Å². The number of thioether (sulfide) groups is 1. The van der Waals surface area contributed by atoms with Crippen LogP contribution in [0.3, 0.4) is 0 Å². The van der Waals surface area contributed by atoms with E-state index in [1.54, 1.807) is 20.3 Å². The maximum absolute atomic E-state index is 12.8. The van der Waals surface area contributed by atoms with Crippen molar-refractivity contribution >= 4 is 50.6 Å². The van der Waals surface area contributed by atoms with E-state index in [0.717, 1.165) is 26.9 Å². The van der Waals surface area contributed by atoms with E-state index in [0.29, 0.717) is 23.1 Å². The van der Waals surface area contributed by atoms with Crippen LogP contribution in [0.4, 0.5) is 0 Å². The lowest BCUT2D eigenvalue weighted by Gasteiger charge is -2.20. The van der Waals surface area contributed by atoms with Crippen LogP contribution in [0, 0.1) is 5.41 Å². The number of carbonyl (C=O) groups excluding carboxylic acids is 1. The Hall–Kier alpha value is -3.91. The second-order valence-electron chi connectivity index (χ2n) is 7.45. The van der Waals surface area contributed by atoms with Gasteiger partial charge >= 0.3 is 0 Å². The van der Waals surface area contributed by atoms with Gasteiger partial charge in [0.2, 0.25) is 5.17 Å². The molecule has 0 aromatic heterocycles. The molecule has 3 aromatic carbocycles. The van der Waals surface area contributed by atoms with Gasteiger partial charge in [-0.3, -0.25) is 10.2 Å². The van der Waals surface area contributed by atoms with Gasteiger partial charge < -0.3 is 9.47 Å². The number of aliphatic imine (C=N–C) groups is 1. The van der Waals surface area contributed by atoms with Gasteiger partial charge in [-0.05, 0) is 51.9 Å². The maximum Gasteiger partial charge on any atom is 0.283 e. The highest BCUT2D eigenvalue weighted by Crippen LogP contribution is 2.32. The molecule has 2 heterocycles. The second kappa shape index (κ2) is 8.55. The summed E-state index contributed by atoms with van der Waals surface area (Å²) in [6.07, 6.45) is 2.24. The van der Waals surface area contributed by atoms with Crippen LogP contribution in [0.15, 0.2) is 76.3 Å². The zero-order valence-electron chi connectivity index (χ0n) is 18.0. The summed E-state index contributed by atoms with van der Waals surface area (Å²) in [4.78, 5) is 17.0. The Kier molecular flexibility index (Phi) is 5.43. The summed E-state index contributed by atoms with van der Waals surface area (Å²) in [5, 5.41) is 17.9. The summed E-state index contributed by atoms with van der Waals surface area (Å²) in [6, 6.07) is 19.5. The van der Waals surface area contributed by atoms with E-state index >= 15 is 0 Å². The van der Waals surface area contributed by atoms with Crippen molar-refractivity contribution < 1.29 is 14.3 Å². The summed E-state index contributed by atoms with van der Waals surface area (Å²) in [5.74, 6) is 0.874. The van der Waals surface area contributed by atoms with Crippen LogP contribution in [0.2, 0.25) is 0 Å². The quantitative estimate of drug-likeness (QED) is 0.562. The van der Waals surface area contributed by atoms with Gasteiger partial charge in [0.1, 0.15) is 5.04 Å². The number of nitrogens with one attached hydrogen (secondary N) is 1. The van der Waals surface area contributed by atoms with Crippen molar-refractivity contribution in [3.05, 3.63) is 77.4 Å². The van der Waals surface area contributed by atoms with Crippen LogP contribution in [-0.2, 0) is 11.2 Å². The molecule has 1 amide bonds. The predicted molar refractivity (Wildman–Crippen MR) is 132 cm³/mol. The number of hydrazone groups is 1. The molecule has 1 N–H and O–H groups in total. The van der Waals surface area contributed by atoms with Gasteiger partial charge in [0.25, 0.3) is 5.91 Å². The number of amides is 1. The summed E-state index contributed by atoms with van der Waals surface area (Å²) >= 11 is 1.30. The standard InChI is InChI=1S/C25H20N4O3S/c1-31-20-11-10-15(12-21(20)32-2)13-22-28-29-23(26)19(24(30)27-25(29)33-22)14-17-8-5-7-16-6-3-4-9-18(16)17/h3-12,14,26H,13H2,1-2H3/b19-14+,26-23?. The number of nitrogens with zero attached hydrogens (tertiary/aromatic N) is 3. The molecule has 7 nitrogen and oxygen atoms in total. The lowest BCUT2D eigenvalue weighted by Crippen LogP contribution is -2.35. The van der Waals surface area contributed by atoms with Gasteiger partial charge in [-0.25, -0.2) is 0 Å². The third kappa shape index (κ3) is 3.89. The topological polar surface area (TPSA) is 87.3 Å². The summed E-state index contributed by atoms with van der Waals surface area (Å²) in [5.41, 5.74) is 2.05. The van der Waals surface area contributed by atoms with E-state index in [4.69, 9.17) is 14.9 Å². The Morgan fingerprint density at radius 1 is 1.03 bits per heavy atom. The molecular formula is C25H20N4O3S. The first-order chi connectivity index (χ1) is 16.1. The van der Waals surface area contributed by atoms with Gasteiger partial charge in [0.05, 0.1) is 19.8 Å². The summed E-state index contributed by atoms with van der Waals surface area (Å²) < 4.78 is 10.7. The molecule has 0 atom stereocenters. The highest BCUT2D eigenvalue weighted by Gasteiger charge is 2.35. The highest BCUT2D eigenvalue weighted by molar-refractivity contribution is 8.26. The predicted octanol–water partition coefficient (Wildman–Crippen LogP) is 4.72. The molecule has 0 radical (unpaired) electrons. The number of fused-ring (bicyclic) bond motifs is 2. The molecule has 0 bridgehead atoms. The van der Waals surface area contributed by atoms with Crippen LogP contribution in [-0.4, -0.2) is 41.2 Å². The first-order valence-electron chi connectivity index (χ1n) is 10.2. The van der Waals surface area contributed by atoms with Gasteiger partial charge in [-0.15, -0.1) is 0 Å². The lowest BCUT2D eigenvalue weighted by atomic mass is 10.0. The number of amidine groups is 2. The van der Waals surface area contributed by atoms with Crippen molar-refractivity contribution in [2.24, 2.45) is 10.1 Å². The number of ether oxygens (including phenoxy) is 2. The SMILES string of the molecule is COc1ccc(CC2=NN3C(=N)/C(=C\c4cccc5ccccc45)C(=O)N=C3S2)cc1OC. The molecule has 164 valence electrons. The highest BCUT2D eigenvalue weighted by atomic mass is 32.2. The van der Waals surface area contributed by atoms with Gasteiger partial charge in [-0.1, -0.05) is 48.5 Å². The Labute approximate surface area is 194 Å². The molecule has 33 heavy (non-hydrogen) atoms. The number of rotatable bonds is 5. The fourth-order valence-corrected chi connectivity index (χ4v) is 4.72. The molecule has 3 aromatic rings. The van der Waals surface area contributed by atoms with Crippen molar-refractivity contribution in [3.63, 3.8) is 0 Å². The van der Waals surface area contributed by atoms with Gasteiger partial charge in [0.15, 0.2) is 17.3 Å². The lowest BCUT2D eigenvalue weighted by molar-refractivity contribution is -0.114. The minimum atomic E-state index is -0.436. The van der Waals surface area contributed by atoms with Crippen LogP contribution < -0.4 is 9.47 Å². The van der Waals surface area contributed by atoms with E-state index < -0.39 is 5.91 Å². The smallest absolute Gasteiger partial charge is 0.283 e. The number of hydrogen-bond donors (Lipinski definition) is 1. The zero-order valence-corrected chi connectivity index (χ0v) is 18.8. The third-order valence-corrected chi connectivity index (χ3v) is 6.33. The van der Waals surface area contributed by atoms with Crippen LogP contribution in [0.5, 0.6) is 11.5 Å². The largest absolute Gasteiger partial charge is 0.493 e. The first-order valence-corrected chi connectivity index (χ1v) is 11.1. The van der Waals surface area contributed by atoms with E-state index in [1.165, 1.54) is 16.8 Å². The van der Waals surface area contributed by atoms with Crippen LogP contribution in [0.1, 0.15) is 11.1 Å². The Balaban J connectivity index is 1.44. The van der Waals surface area contributed by atoms with Crippen molar-refractivity contribution in [3.8, 4) is 11.5 Å². The summed E-state index contributed by atoms with van der Waals surface area (Å²) in [7, 11) is 3.19. The zero-order chi connectivity index (χ0) is 22.9. The van der Waals surface area contributed by atoms with Gasteiger partial charge in [0, 0.05) is 6.42 Å². The fourth-order valence-electron chi connectivity index (χ4n) is 3.80. The molecule has 0 spiro atoms. The maximum atomic E-state index is 12.8. The van der Waals surface area contributed by atoms with Crippen LogP contribution in [0.25, 0.3) is 16.8 Å². The summed E-state index contributed by atoms with van der Waals surface area (Å²) in [6.45, 7) is 0. The fraction of sp³-hybridized carbons (Fsp3) is 0.120. The molecule has 0 saturated heterocycles. The van der Waals surface area contributed by atoms with E-state index in [9.17, 15) is 4.79 Å².